The lowest BCUT2D eigenvalue weighted by Gasteiger charge is -2.00. The first-order chi connectivity index (χ1) is 4.13. The fraction of sp³-hybridized carbons (Fsp3) is 1.00. The molecule has 0 spiro atoms. The van der Waals surface area contributed by atoms with Crippen LogP contribution in [0.4, 0.5) is 0 Å². The molecule has 1 heterocycles. The van der Waals surface area contributed by atoms with Gasteiger partial charge in [-0.25, -0.2) is 0 Å². The number of hydrogen-bond acceptors (Lipinski definition) is 5. The standard InChI is InChI=1S/C4H8S5/c5-3(6)1-2(9-1)4(7)8/h1-8H. The quantitative estimate of drug-likeness (QED) is 0.310. The highest BCUT2D eigenvalue weighted by molar-refractivity contribution is 8.13. The highest BCUT2D eigenvalue weighted by Gasteiger charge is 2.44. The lowest BCUT2D eigenvalue weighted by molar-refractivity contribution is 1.02. The lowest BCUT2D eigenvalue weighted by atomic mass is 10.4. The average molecular weight is 216 g/mol. The maximum atomic E-state index is 4.18. The minimum Gasteiger partial charge on any atom is -0.164 e. The van der Waals surface area contributed by atoms with Crippen LogP contribution < -0.4 is 0 Å². The van der Waals surface area contributed by atoms with E-state index < -0.39 is 0 Å². The van der Waals surface area contributed by atoms with E-state index in [0.29, 0.717) is 10.5 Å². The van der Waals surface area contributed by atoms with Crippen LogP contribution in [0.5, 0.6) is 0 Å². The monoisotopic (exact) mass is 216 g/mol. The van der Waals surface area contributed by atoms with Gasteiger partial charge in [-0.15, -0.1) is 11.8 Å². The summed E-state index contributed by atoms with van der Waals surface area (Å²) in [7, 11) is 0. The molecule has 0 radical (unpaired) electrons. The Kier molecular flexibility index (Phi) is 3.37. The third-order valence-electron chi connectivity index (χ3n) is 1.15. The van der Waals surface area contributed by atoms with Gasteiger partial charge in [0.25, 0.3) is 0 Å². The number of hydrogen-bond donors (Lipinski definition) is 4. The molecule has 9 heavy (non-hydrogen) atoms. The van der Waals surface area contributed by atoms with Crippen molar-refractivity contribution in [1.29, 1.82) is 0 Å². The van der Waals surface area contributed by atoms with Gasteiger partial charge < -0.3 is 0 Å². The first-order valence-corrected chi connectivity index (χ1v) is 5.51. The molecule has 0 saturated carbocycles. The summed E-state index contributed by atoms with van der Waals surface area (Å²) in [5.41, 5.74) is 0. The summed E-state index contributed by atoms with van der Waals surface area (Å²) < 4.78 is 0.364. The van der Waals surface area contributed by atoms with Crippen molar-refractivity contribution in [1.82, 2.24) is 0 Å². The lowest BCUT2D eigenvalue weighted by Crippen LogP contribution is -2.08. The van der Waals surface area contributed by atoms with Crippen molar-refractivity contribution in [3.8, 4) is 0 Å². The van der Waals surface area contributed by atoms with Gasteiger partial charge in [-0.1, -0.05) is 0 Å². The fourth-order valence-electron chi connectivity index (χ4n) is 0.616. The Morgan fingerprint density at radius 2 is 1.22 bits per heavy atom. The summed E-state index contributed by atoms with van der Waals surface area (Å²) >= 11 is 18.6. The van der Waals surface area contributed by atoms with E-state index in [1.165, 1.54) is 0 Å². The Balaban J connectivity index is 2.24. The fourth-order valence-corrected chi connectivity index (χ4v) is 3.53. The van der Waals surface area contributed by atoms with Gasteiger partial charge in [0.05, 0.1) is 9.16 Å². The minimum atomic E-state index is 0.182. The highest BCUT2D eigenvalue weighted by Crippen LogP contribution is 2.50. The Morgan fingerprint density at radius 3 is 1.33 bits per heavy atom. The topological polar surface area (TPSA) is 0 Å². The van der Waals surface area contributed by atoms with Crippen LogP contribution in [0.15, 0.2) is 0 Å². The van der Waals surface area contributed by atoms with Crippen LogP contribution in [0.1, 0.15) is 0 Å². The molecule has 0 aromatic heterocycles. The molecule has 1 fully saturated rings. The predicted molar refractivity (Wildman–Crippen MR) is 58.7 cm³/mol. The Bertz CT molecular complexity index is 89.1. The normalized spacial score (nSPS) is 34.0. The molecule has 1 rings (SSSR count). The van der Waals surface area contributed by atoms with E-state index in [9.17, 15) is 0 Å². The second-order valence-corrected chi connectivity index (χ2v) is 6.29. The van der Waals surface area contributed by atoms with Crippen LogP contribution in [-0.4, -0.2) is 19.7 Å². The van der Waals surface area contributed by atoms with E-state index in [-0.39, 0.29) is 9.16 Å². The van der Waals surface area contributed by atoms with Gasteiger partial charge in [-0.2, -0.15) is 50.5 Å². The summed E-state index contributed by atoms with van der Waals surface area (Å²) in [6.45, 7) is 0. The summed E-state index contributed by atoms with van der Waals surface area (Å²) in [6, 6.07) is 0. The first-order valence-electron chi connectivity index (χ1n) is 2.50. The van der Waals surface area contributed by atoms with Crippen LogP contribution >= 0.6 is 62.3 Å². The van der Waals surface area contributed by atoms with Crippen LogP contribution in [0, 0.1) is 0 Å². The van der Waals surface area contributed by atoms with Crippen molar-refractivity contribution < 1.29 is 0 Å². The molecular formula is C4H8S5. The molecule has 2 unspecified atom stereocenters. The summed E-state index contributed by atoms with van der Waals surface area (Å²) in [5, 5.41) is 1.10. The van der Waals surface area contributed by atoms with Crippen LogP contribution in [0.25, 0.3) is 0 Å². The van der Waals surface area contributed by atoms with Gasteiger partial charge >= 0.3 is 0 Å². The van der Waals surface area contributed by atoms with Gasteiger partial charge in [0, 0.05) is 10.5 Å². The molecule has 0 amide bonds. The van der Waals surface area contributed by atoms with Gasteiger partial charge in [-0.05, 0) is 0 Å². The average Bonchev–Trinajstić information content (AvgIpc) is 2.39. The second-order valence-electron chi connectivity index (χ2n) is 1.89. The van der Waals surface area contributed by atoms with Crippen molar-refractivity contribution in [3.05, 3.63) is 0 Å². The number of thiol groups is 4. The molecule has 0 aliphatic carbocycles. The highest BCUT2D eigenvalue weighted by atomic mass is 32.2. The van der Waals surface area contributed by atoms with E-state index in [0.717, 1.165) is 0 Å². The van der Waals surface area contributed by atoms with Gasteiger partial charge in [-0.3, -0.25) is 0 Å². The molecule has 0 nitrogen and oxygen atoms in total. The molecule has 0 aromatic carbocycles. The zero-order valence-corrected chi connectivity index (χ0v) is 8.90. The van der Waals surface area contributed by atoms with Crippen LogP contribution in [-0.2, 0) is 0 Å². The van der Waals surface area contributed by atoms with Crippen LogP contribution in [0.2, 0.25) is 0 Å². The molecule has 0 bridgehead atoms. The third-order valence-corrected chi connectivity index (χ3v) is 4.69. The summed E-state index contributed by atoms with van der Waals surface area (Å²) in [6.07, 6.45) is 0. The smallest absolute Gasteiger partial charge is 0.0572 e. The SMILES string of the molecule is SC(S)C1SC1C(S)S. The molecule has 0 N–H and O–H groups in total. The van der Waals surface area contributed by atoms with E-state index in [4.69, 9.17) is 0 Å². The van der Waals surface area contributed by atoms with Crippen molar-refractivity contribution in [3.63, 3.8) is 0 Å². The maximum Gasteiger partial charge on any atom is 0.0572 e. The Morgan fingerprint density at radius 1 is 0.889 bits per heavy atom. The van der Waals surface area contributed by atoms with Crippen molar-refractivity contribution in [2.75, 3.05) is 0 Å². The second kappa shape index (κ2) is 3.43. The maximum absolute atomic E-state index is 4.18. The van der Waals surface area contributed by atoms with Crippen LogP contribution in [0.3, 0.4) is 0 Å². The van der Waals surface area contributed by atoms with Crippen molar-refractivity contribution in [2.24, 2.45) is 0 Å². The van der Waals surface area contributed by atoms with E-state index in [1.807, 2.05) is 11.8 Å². The van der Waals surface area contributed by atoms with Gasteiger partial charge in [0.1, 0.15) is 0 Å². The van der Waals surface area contributed by atoms with Crippen molar-refractivity contribution >= 4 is 62.3 Å². The van der Waals surface area contributed by atoms with Gasteiger partial charge in [0.2, 0.25) is 0 Å². The Labute approximate surface area is 81.6 Å². The van der Waals surface area contributed by atoms with Crippen molar-refractivity contribution in [2.45, 2.75) is 19.7 Å². The number of rotatable bonds is 2. The summed E-state index contributed by atoms with van der Waals surface area (Å²) in [4.78, 5) is 0. The molecule has 1 aliphatic heterocycles. The predicted octanol–water partition coefficient (Wildman–Crippen LogP) is 1.84. The third kappa shape index (κ3) is 2.36. The molecule has 1 aliphatic rings. The first kappa shape index (κ1) is 8.84. The molecule has 5 heteroatoms. The number of thioether (sulfide) groups is 1. The minimum absolute atomic E-state index is 0.182. The van der Waals surface area contributed by atoms with E-state index in [2.05, 4.69) is 50.5 Å². The largest absolute Gasteiger partial charge is 0.164 e. The summed E-state index contributed by atoms with van der Waals surface area (Å²) in [5.74, 6) is 0. The molecular weight excluding hydrogens is 208 g/mol. The zero-order chi connectivity index (χ0) is 7.02. The zero-order valence-electron chi connectivity index (χ0n) is 4.51. The molecule has 54 valence electrons. The molecule has 2 atom stereocenters. The van der Waals surface area contributed by atoms with E-state index >= 15 is 0 Å². The van der Waals surface area contributed by atoms with E-state index in [1.54, 1.807) is 0 Å². The molecule has 0 aromatic rings. The molecule has 1 saturated heterocycles. The Hall–Kier alpha value is 1.75. The van der Waals surface area contributed by atoms with Gasteiger partial charge in [0.15, 0.2) is 0 Å².